The van der Waals surface area contributed by atoms with Crippen LogP contribution >= 0.6 is 0 Å². The number of fused-ring (bicyclic) bond motifs is 1. The topological polar surface area (TPSA) is 48.4 Å². The zero-order valence-corrected chi connectivity index (χ0v) is 10.5. The van der Waals surface area contributed by atoms with Gasteiger partial charge in [-0.05, 0) is 18.1 Å². The van der Waals surface area contributed by atoms with Crippen molar-refractivity contribution in [3.63, 3.8) is 0 Å². The molecule has 1 aromatic carbocycles. The van der Waals surface area contributed by atoms with Crippen molar-refractivity contribution in [1.29, 1.82) is 0 Å². The van der Waals surface area contributed by atoms with Crippen molar-refractivity contribution < 1.29 is 9.15 Å². The van der Waals surface area contributed by atoms with Crippen LogP contribution in [0.5, 0.6) is 0 Å². The molecule has 0 bridgehead atoms. The summed E-state index contributed by atoms with van der Waals surface area (Å²) in [5.41, 5.74) is 7.07. The molecule has 2 aromatic rings. The Hall–Kier alpha value is -1.32. The monoisotopic (exact) mass is 233 g/mol. The Morgan fingerprint density at radius 1 is 1.24 bits per heavy atom. The summed E-state index contributed by atoms with van der Waals surface area (Å²) < 4.78 is 11.2. The van der Waals surface area contributed by atoms with Gasteiger partial charge in [-0.2, -0.15) is 0 Å². The van der Waals surface area contributed by atoms with E-state index in [1.54, 1.807) is 7.11 Å². The number of benzene rings is 1. The van der Waals surface area contributed by atoms with Crippen LogP contribution in [0.15, 0.2) is 34.7 Å². The van der Waals surface area contributed by atoms with Gasteiger partial charge in [0, 0.05) is 12.5 Å². The van der Waals surface area contributed by atoms with Crippen molar-refractivity contribution in [2.75, 3.05) is 7.11 Å². The van der Waals surface area contributed by atoms with Gasteiger partial charge in [0.2, 0.25) is 0 Å². The minimum absolute atomic E-state index is 0.0319. The molecule has 2 rings (SSSR count). The zero-order chi connectivity index (χ0) is 12.4. The van der Waals surface area contributed by atoms with Crippen molar-refractivity contribution in [2.24, 2.45) is 11.7 Å². The highest BCUT2D eigenvalue weighted by molar-refractivity contribution is 5.77. The molecule has 92 valence electrons. The molecule has 1 heterocycles. The number of ether oxygens (including phenoxy) is 1. The van der Waals surface area contributed by atoms with Crippen molar-refractivity contribution in [2.45, 2.75) is 26.0 Å². The van der Waals surface area contributed by atoms with E-state index in [0.29, 0.717) is 5.92 Å². The SMILES string of the molecule is COC(C(C)C)C(N)c1cc2ccccc2o1. The van der Waals surface area contributed by atoms with Gasteiger partial charge in [-0.25, -0.2) is 0 Å². The molecule has 0 aliphatic rings. The van der Waals surface area contributed by atoms with E-state index < -0.39 is 0 Å². The Bertz CT molecular complexity index is 457. The molecule has 2 unspecified atom stereocenters. The molecule has 3 heteroatoms. The molecule has 3 nitrogen and oxygen atoms in total. The van der Waals surface area contributed by atoms with Crippen LogP contribution in [0.25, 0.3) is 11.0 Å². The van der Waals surface area contributed by atoms with Crippen molar-refractivity contribution >= 4 is 11.0 Å². The maximum absolute atomic E-state index is 6.20. The normalized spacial score (nSPS) is 15.4. The fraction of sp³-hybridized carbons (Fsp3) is 0.429. The molecule has 0 aliphatic heterocycles. The van der Waals surface area contributed by atoms with Gasteiger partial charge in [0.1, 0.15) is 11.3 Å². The van der Waals surface area contributed by atoms with E-state index in [0.717, 1.165) is 16.7 Å². The number of furan rings is 1. The highest BCUT2D eigenvalue weighted by atomic mass is 16.5. The van der Waals surface area contributed by atoms with Gasteiger partial charge in [-0.15, -0.1) is 0 Å². The summed E-state index contributed by atoms with van der Waals surface area (Å²) in [5.74, 6) is 1.13. The smallest absolute Gasteiger partial charge is 0.134 e. The summed E-state index contributed by atoms with van der Waals surface area (Å²) >= 11 is 0. The van der Waals surface area contributed by atoms with Crippen molar-refractivity contribution in [1.82, 2.24) is 0 Å². The lowest BCUT2D eigenvalue weighted by Gasteiger charge is -2.24. The lowest BCUT2D eigenvalue weighted by Crippen LogP contribution is -2.32. The molecule has 2 N–H and O–H groups in total. The number of nitrogens with two attached hydrogens (primary N) is 1. The summed E-state index contributed by atoms with van der Waals surface area (Å²) in [5, 5.41) is 1.08. The Morgan fingerprint density at radius 2 is 1.94 bits per heavy atom. The molecule has 0 fully saturated rings. The molecule has 17 heavy (non-hydrogen) atoms. The van der Waals surface area contributed by atoms with Gasteiger partial charge >= 0.3 is 0 Å². The van der Waals surface area contributed by atoms with Crippen molar-refractivity contribution in [3.05, 3.63) is 36.1 Å². The van der Waals surface area contributed by atoms with Crippen LogP contribution in [0.1, 0.15) is 25.6 Å². The molecule has 0 amide bonds. The van der Waals surface area contributed by atoms with Crippen molar-refractivity contribution in [3.8, 4) is 0 Å². The van der Waals surface area contributed by atoms with E-state index in [-0.39, 0.29) is 12.1 Å². The first-order valence-corrected chi connectivity index (χ1v) is 5.90. The first-order chi connectivity index (χ1) is 8.13. The van der Waals surface area contributed by atoms with Crippen LogP contribution in [0.3, 0.4) is 0 Å². The highest BCUT2D eigenvalue weighted by Crippen LogP contribution is 2.27. The number of methoxy groups -OCH3 is 1. The van der Waals surface area contributed by atoms with Gasteiger partial charge in [0.25, 0.3) is 0 Å². The molecular weight excluding hydrogens is 214 g/mol. The van der Waals surface area contributed by atoms with E-state index >= 15 is 0 Å². The molecule has 0 aliphatic carbocycles. The van der Waals surface area contributed by atoms with Crippen LogP contribution in [0, 0.1) is 5.92 Å². The van der Waals surface area contributed by atoms with Crippen LogP contribution in [-0.4, -0.2) is 13.2 Å². The number of hydrogen-bond acceptors (Lipinski definition) is 3. The summed E-state index contributed by atoms with van der Waals surface area (Å²) in [6.07, 6.45) is -0.0319. The molecule has 0 spiro atoms. The Balaban J connectivity index is 2.32. The third-order valence-corrected chi connectivity index (χ3v) is 3.06. The molecular formula is C14H19NO2. The van der Waals surface area contributed by atoms with E-state index in [1.807, 2.05) is 30.3 Å². The van der Waals surface area contributed by atoms with Gasteiger partial charge < -0.3 is 14.9 Å². The Labute approximate surface area is 102 Å². The highest BCUT2D eigenvalue weighted by Gasteiger charge is 2.25. The van der Waals surface area contributed by atoms with E-state index in [1.165, 1.54) is 0 Å². The summed E-state index contributed by atoms with van der Waals surface area (Å²) in [6.45, 7) is 4.19. The lowest BCUT2D eigenvalue weighted by molar-refractivity contribution is 0.0385. The van der Waals surface area contributed by atoms with E-state index in [4.69, 9.17) is 14.9 Å². The second-order valence-corrected chi connectivity index (χ2v) is 4.66. The van der Waals surface area contributed by atoms with Crippen LogP contribution in [0.2, 0.25) is 0 Å². The third-order valence-electron chi connectivity index (χ3n) is 3.06. The summed E-state index contributed by atoms with van der Waals surface area (Å²) in [6, 6.07) is 9.68. The summed E-state index contributed by atoms with van der Waals surface area (Å²) in [4.78, 5) is 0. The predicted octanol–water partition coefficient (Wildman–Crippen LogP) is 3.10. The fourth-order valence-corrected chi connectivity index (χ4v) is 2.16. The standard InChI is InChI=1S/C14H19NO2/c1-9(2)14(16-3)13(15)12-8-10-6-4-5-7-11(10)17-12/h4-9,13-14H,15H2,1-3H3. The fourth-order valence-electron chi connectivity index (χ4n) is 2.16. The molecule has 2 atom stereocenters. The Kier molecular flexibility index (Phi) is 3.50. The van der Waals surface area contributed by atoms with E-state index in [9.17, 15) is 0 Å². The molecule has 0 saturated heterocycles. The predicted molar refractivity (Wildman–Crippen MR) is 68.8 cm³/mol. The molecule has 0 saturated carbocycles. The van der Waals surface area contributed by atoms with Gasteiger partial charge in [-0.3, -0.25) is 0 Å². The number of rotatable bonds is 4. The maximum atomic E-state index is 6.20. The zero-order valence-electron chi connectivity index (χ0n) is 10.5. The van der Waals surface area contributed by atoms with E-state index in [2.05, 4.69) is 13.8 Å². The number of para-hydroxylation sites is 1. The average molecular weight is 233 g/mol. The van der Waals surface area contributed by atoms with Crippen LogP contribution < -0.4 is 5.73 Å². The first-order valence-electron chi connectivity index (χ1n) is 5.90. The third kappa shape index (κ3) is 2.35. The number of hydrogen-bond donors (Lipinski definition) is 1. The lowest BCUT2D eigenvalue weighted by atomic mass is 9.98. The van der Waals surface area contributed by atoms with Gasteiger partial charge in [-0.1, -0.05) is 32.0 Å². The van der Waals surface area contributed by atoms with Gasteiger partial charge in [0.05, 0.1) is 12.1 Å². The molecule has 0 radical (unpaired) electrons. The largest absolute Gasteiger partial charge is 0.459 e. The maximum Gasteiger partial charge on any atom is 0.134 e. The second-order valence-electron chi connectivity index (χ2n) is 4.66. The van der Waals surface area contributed by atoms with Crippen LogP contribution in [0.4, 0.5) is 0 Å². The minimum atomic E-state index is -0.229. The summed E-state index contributed by atoms with van der Waals surface area (Å²) in [7, 11) is 1.69. The minimum Gasteiger partial charge on any atom is -0.459 e. The average Bonchev–Trinajstić information content (AvgIpc) is 2.72. The molecule has 1 aromatic heterocycles. The van der Waals surface area contributed by atoms with Gasteiger partial charge in [0.15, 0.2) is 0 Å². The Morgan fingerprint density at radius 3 is 2.53 bits per heavy atom. The second kappa shape index (κ2) is 4.90. The first kappa shape index (κ1) is 12.1. The quantitative estimate of drug-likeness (QED) is 0.882. The van der Waals surface area contributed by atoms with Crippen LogP contribution in [-0.2, 0) is 4.74 Å².